The number of rotatable bonds is 4. The second-order valence-electron chi connectivity index (χ2n) is 4.19. The second kappa shape index (κ2) is 5.67. The molecule has 1 aromatic heterocycles. The summed E-state index contributed by atoms with van der Waals surface area (Å²) in [4.78, 5) is 2.75. The lowest BCUT2D eigenvalue weighted by molar-refractivity contribution is 0.698. The fourth-order valence-electron chi connectivity index (χ4n) is 1.76. The minimum Gasteiger partial charge on any atom is -0.308 e. The molecule has 1 N–H and O–H groups in total. The minimum absolute atomic E-state index is 0.806. The highest BCUT2D eigenvalue weighted by atomic mass is 35.5. The normalized spacial score (nSPS) is 10.8. The molecule has 0 aliphatic carbocycles. The van der Waals surface area contributed by atoms with Crippen molar-refractivity contribution in [2.24, 2.45) is 0 Å². The first-order valence-electron chi connectivity index (χ1n) is 5.66. The molecule has 2 aromatic rings. The SMILES string of the molecule is Cc1ccc(CNCc2ccc(Cl)cc2C)s1. The van der Waals surface area contributed by atoms with Gasteiger partial charge >= 0.3 is 0 Å². The van der Waals surface area contributed by atoms with Gasteiger partial charge in [0.05, 0.1) is 0 Å². The molecule has 0 spiro atoms. The van der Waals surface area contributed by atoms with E-state index >= 15 is 0 Å². The Morgan fingerprint density at radius 3 is 2.59 bits per heavy atom. The summed E-state index contributed by atoms with van der Waals surface area (Å²) >= 11 is 7.78. The molecule has 1 aromatic carbocycles. The molecule has 0 amide bonds. The van der Waals surface area contributed by atoms with Crippen LogP contribution in [0, 0.1) is 13.8 Å². The summed E-state index contributed by atoms with van der Waals surface area (Å²) in [7, 11) is 0. The lowest BCUT2D eigenvalue weighted by Crippen LogP contribution is -2.12. The van der Waals surface area contributed by atoms with Crippen LogP contribution < -0.4 is 5.32 Å². The molecule has 3 heteroatoms. The smallest absolute Gasteiger partial charge is 0.0408 e. The van der Waals surface area contributed by atoms with Gasteiger partial charge in [0.1, 0.15) is 0 Å². The summed E-state index contributed by atoms with van der Waals surface area (Å²) in [6, 6.07) is 10.4. The fraction of sp³-hybridized carbons (Fsp3) is 0.286. The summed E-state index contributed by atoms with van der Waals surface area (Å²) in [5.41, 5.74) is 2.55. The first kappa shape index (κ1) is 12.6. The van der Waals surface area contributed by atoms with Crippen LogP contribution in [0.1, 0.15) is 20.9 Å². The van der Waals surface area contributed by atoms with Crippen LogP contribution in [0.2, 0.25) is 5.02 Å². The third kappa shape index (κ3) is 3.56. The Kier molecular flexibility index (Phi) is 4.21. The van der Waals surface area contributed by atoms with E-state index in [1.807, 2.05) is 23.5 Å². The second-order valence-corrected chi connectivity index (χ2v) is 6.00. The molecule has 2 rings (SSSR count). The molecule has 1 nitrogen and oxygen atoms in total. The predicted molar refractivity (Wildman–Crippen MR) is 75.8 cm³/mol. The Hall–Kier alpha value is -0.830. The van der Waals surface area contributed by atoms with Crippen LogP contribution >= 0.6 is 22.9 Å². The van der Waals surface area contributed by atoms with Crippen molar-refractivity contribution in [3.63, 3.8) is 0 Å². The van der Waals surface area contributed by atoms with Gasteiger partial charge < -0.3 is 5.32 Å². The maximum absolute atomic E-state index is 5.93. The van der Waals surface area contributed by atoms with E-state index in [4.69, 9.17) is 11.6 Å². The zero-order chi connectivity index (χ0) is 12.3. The first-order valence-corrected chi connectivity index (χ1v) is 6.85. The average molecular weight is 266 g/mol. The van der Waals surface area contributed by atoms with Gasteiger partial charge in [-0.05, 0) is 49.2 Å². The van der Waals surface area contributed by atoms with Crippen molar-refractivity contribution < 1.29 is 0 Å². The van der Waals surface area contributed by atoms with Crippen LogP contribution in [0.15, 0.2) is 30.3 Å². The molecule has 0 aliphatic heterocycles. The Morgan fingerprint density at radius 1 is 1.12 bits per heavy atom. The number of hydrogen-bond acceptors (Lipinski definition) is 2. The summed E-state index contributed by atoms with van der Waals surface area (Å²) in [6.45, 7) is 6.05. The van der Waals surface area contributed by atoms with Crippen LogP contribution in [-0.4, -0.2) is 0 Å². The van der Waals surface area contributed by atoms with Crippen LogP contribution in [0.4, 0.5) is 0 Å². The largest absolute Gasteiger partial charge is 0.308 e. The van der Waals surface area contributed by atoms with Crippen molar-refractivity contribution in [1.29, 1.82) is 0 Å². The summed E-state index contributed by atoms with van der Waals surface area (Å²) in [6.07, 6.45) is 0. The third-order valence-corrected chi connectivity index (χ3v) is 3.95. The Morgan fingerprint density at radius 2 is 1.94 bits per heavy atom. The standard InChI is InChI=1S/C14H16ClNS/c1-10-7-13(15)5-4-12(10)8-16-9-14-6-3-11(2)17-14/h3-7,16H,8-9H2,1-2H3. The van der Waals surface area contributed by atoms with Gasteiger partial charge in [0.2, 0.25) is 0 Å². The van der Waals surface area contributed by atoms with E-state index in [-0.39, 0.29) is 0 Å². The molecular weight excluding hydrogens is 250 g/mol. The number of halogens is 1. The third-order valence-electron chi connectivity index (χ3n) is 2.72. The van der Waals surface area contributed by atoms with E-state index in [1.165, 1.54) is 20.9 Å². The van der Waals surface area contributed by atoms with Gasteiger partial charge in [0.15, 0.2) is 0 Å². The van der Waals surface area contributed by atoms with Gasteiger partial charge in [-0.25, -0.2) is 0 Å². The number of thiophene rings is 1. The molecule has 0 saturated heterocycles. The van der Waals surface area contributed by atoms with Crippen LogP contribution in [0.3, 0.4) is 0 Å². The minimum atomic E-state index is 0.806. The van der Waals surface area contributed by atoms with E-state index in [2.05, 4.69) is 37.4 Å². The van der Waals surface area contributed by atoms with E-state index in [1.54, 1.807) is 0 Å². The molecule has 0 radical (unpaired) electrons. The van der Waals surface area contributed by atoms with E-state index in [9.17, 15) is 0 Å². The first-order chi connectivity index (χ1) is 8.15. The molecule has 0 atom stereocenters. The maximum atomic E-state index is 5.93. The number of hydrogen-bond donors (Lipinski definition) is 1. The van der Waals surface area contributed by atoms with Gasteiger partial charge in [-0.1, -0.05) is 17.7 Å². The molecule has 0 unspecified atom stereocenters. The predicted octanol–water partition coefficient (Wildman–Crippen LogP) is 4.31. The Labute approximate surface area is 111 Å². The molecule has 1 heterocycles. The fourth-order valence-corrected chi connectivity index (χ4v) is 2.84. The molecular formula is C14H16ClNS. The van der Waals surface area contributed by atoms with Gasteiger partial charge in [-0.3, -0.25) is 0 Å². The van der Waals surface area contributed by atoms with E-state index in [0.717, 1.165) is 18.1 Å². The quantitative estimate of drug-likeness (QED) is 0.869. The summed E-state index contributed by atoms with van der Waals surface area (Å²) < 4.78 is 0. The Balaban J connectivity index is 1.90. The van der Waals surface area contributed by atoms with Crippen LogP contribution in [0.5, 0.6) is 0 Å². The lowest BCUT2D eigenvalue weighted by atomic mass is 10.1. The maximum Gasteiger partial charge on any atom is 0.0408 e. The number of nitrogens with one attached hydrogen (secondary N) is 1. The highest BCUT2D eigenvalue weighted by Crippen LogP contribution is 2.17. The molecule has 0 aliphatic rings. The van der Waals surface area contributed by atoms with Crippen molar-refractivity contribution in [2.45, 2.75) is 26.9 Å². The molecule has 90 valence electrons. The number of benzene rings is 1. The average Bonchev–Trinajstić information content (AvgIpc) is 2.68. The van der Waals surface area contributed by atoms with Crippen molar-refractivity contribution in [3.05, 3.63) is 56.2 Å². The van der Waals surface area contributed by atoms with Gasteiger partial charge in [0.25, 0.3) is 0 Å². The van der Waals surface area contributed by atoms with Crippen LogP contribution in [0.25, 0.3) is 0 Å². The zero-order valence-electron chi connectivity index (χ0n) is 10.1. The van der Waals surface area contributed by atoms with Gasteiger partial charge in [0, 0.05) is 27.9 Å². The van der Waals surface area contributed by atoms with Gasteiger partial charge in [-0.15, -0.1) is 11.3 Å². The number of aryl methyl sites for hydroxylation is 2. The Bertz CT molecular complexity index is 505. The highest BCUT2D eigenvalue weighted by molar-refractivity contribution is 7.11. The summed E-state index contributed by atoms with van der Waals surface area (Å²) in [5, 5.41) is 4.26. The molecule has 0 saturated carbocycles. The summed E-state index contributed by atoms with van der Waals surface area (Å²) in [5.74, 6) is 0. The molecule has 0 bridgehead atoms. The monoisotopic (exact) mass is 265 g/mol. The van der Waals surface area contributed by atoms with Crippen molar-refractivity contribution in [2.75, 3.05) is 0 Å². The van der Waals surface area contributed by atoms with Crippen molar-refractivity contribution >= 4 is 22.9 Å². The lowest BCUT2D eigenvalue weighted by Gasteiger charge is -2.07. The molecule has 0 fully saturated rings. The highest BCUT2D eigenvalue weighted by Gasteiger charge is 2.00. The van der Waals surface area contributed by atoms with Crippen molar-refractivity contribution in [1.82, 2.24) is 5.32 Å². The zero-order valence-corrected chi connectivity index (χ0v) is 11.7. The topological polar surface area (TPSA) is 12.0 Å². The van der Waals surface area contributed by atoms with E-state index in [0.29, 0.717) is 0 Å². The van der Waals surface area contributed by atoms with Crippen molar-refractivity contribution in [3.8, 4) is 0 Å². The van der Waals surface area contributed by atoms with Gasteiger partial charge in [-0.2, -0.15) is 0 Å². The van der Waals surface area contributed by atoms with Crippen LogP contribution in [-0.2, 0) is 13.1 Å². The molecule has 17 heavy (non-hydrogen) atoms. The van der Waals surface area contributed by atoms with E-state index < -0.39 is 0 Å².